The Balaban J connectivity index is 1.38. The van der Waals surface area contributed by atoms with Crippen molar-refractivity contribution in [3.8, 4) is 0 Å². The maximum absolute atomic E-state index is 13.4. The van der Waals surface area contributed by atoms with Crippen molar-refractivity contribution in [1.29, 1.82) is 0 Å². The van der Waals surface area contributed by atoms with E-state index in [9.17, 15) is 63.2 Å². The van der Waals surface area contributed by atoms with Crippen LogP contribution in [0.15, 0.2) is 53.5 Å². The molecule has 23 nitrogen and oxygen atoms in total. The van der Waals surface area contributed by atoms with Crippen molar-refractivity contribution in [3.05, 3.63) is 80.3 Å². The molecule has 0 spiro atoms. The number of likely N-dealkylation sites (tertiary alicyclic amines) is 2. The number of allylic oxidation sites excluding steroid dienone is 1. The van der Waals surface area contributed by atoms with Crippen LogP contribution in [0.1, 0.15) is 59.2 Å². The number of nitro benzene ring substituents is 1. The van der Waals surface area contributed by atoms with Gasteiger partial charge in [-0.1, -0.05) is 6.08 Å². The molecule has 2 fully saturated rings. The number of carboxylic acid groups (broad SMARTS) is 1. The molecule has 320 valence electrons. The van der Waals surface area contributed by atoms with E-state index in [0.717, 1.165) is 36.0 Å². The number of methoxy groups -OCH3 is 1. The van der Waals surface area contributed by atoms with Gasteiger partial charge in [-0.2, -0.15) is 0 Å². The number of esters is 1. The van der Waals surface area contributed by atoms with Gasteiger partial charge in [0.25, 0.3) is 17.2 Å². The Morgan fingerprint density at radius 3 is 2.25 bits per heavy atom. The van der Waals surface area contributed by atoms with Crippen LogP contribution in [0, 0.1) is 10.1 Å². The van der Waals surface area contributed by atoms with Crippen molar-refractivity contribution in [2.75, 3.05) is 38.6 Å². The number of primary amides is 1. The monoisotopic (exact) mass is 837 g/mol. The van der Waals surface area contributed by atoms with Gasteiger partial charge < -0.3 is 51.2 Å². The van der Waals surface area contributed by atoms with E-state index >= 15 is 0 Å². The van der Waals surface area contributed by atoms with Crippen molar-refractivity contribution in [3.63, 3.8) is 0 Å². The highest BCUT2D eigenvalue weighted by molar-refractivity contribution is 6.06. The van der Waals surface area contributed by atoms with E-state index in [2.05, 4.69) is 26.0 Å². The molecule has 7 amide bonds. The van der Waals surface area contributed by atoms with Crippen LogP contribution in [0.5, 0.6) is 0 Å². The third kappa shape index (κ3) is 11.8. The third-order valence-electron chi connectivity index (χ3n) is 9.61. The van der Waals surface area contributed by atoms with Gasteiger partial charge in [-0.05, 0) is 56.7 Å². The lowest BCUT2D eigenvalue weighted by atomic mass is 10.0. The maximum atomic E-state index is 13.4. The fourth-order valence-electron chi connectivity index (χ4n) is 6.58. The quantitative estimate of drug-likeness (QED) is 0.0427. The summed E-state index contributed by atoms with van der Waals surface area (Å²) in [4.78, 5) is 140. The van der Waals surface area contributed by atoms with Gasteiger partial charge in [0.1, 0.15) is 30.4 Å². The SMILES string of the molecule is COC(=O)/C=C/CCC(NC(=O)c1cc([N+](=O)[O-])ccc1C(=O)O)C(=O)NCC(=O)N1CCCC1C(=O)Nc1cccn(CC(=O)NCC(=O)N2CCCC2C(N)=O)c1=O. The van der Waals surface area contributed by atoms with Crippen LogP contribution in [0.25, 0.3) is 0 Å². The predicted molar refractivity (Wildman–Crippen MR) is 206 cm³/mol. The number of aromatic carboxylic acids is 1. The Morgan fingerprint density at radius 1 is 0.967 bits per heavy atom. The normalized spacial score (nSPS) is 16.4. The highest BCUT2D eigenvalue weighted by atomic mass is 16.6. The van der Waals surface area contributed by atoms with Gasteiger partial charge in [-0.3, -0.25) is 48.5 Å². The number of non-ortho nitro benzene ring substituents is 1. The number of amides is 7. The zero-order valence-electron chi connectivity index (χ0n) is 32.2. The summed E-state index contributed by atoms with van der Waals surface area (Å²) in [5.74, 6) is -7.66. The number of aromatic nitrogens is 1. The van der Waals surface area contributed by atoms with Gasteiger partial charge in [0.15, 0.2) is 0 Å². The molecule has 2 aliphatic rings. The Morgan fingerprint density at radius 2 is 1.62 bits per heavy atom. The van der Waals surface area contributed by atoms with Crippen LogP contribution in [0.4, 0.5) is 11.4 Å². The second kappa shape index (κ2) is 20.8. The number of nitro groups is 1. The largest absolute Gasteiger partial charge is 0.478 e. The first kappa shape index (κ1) is 45.2. The number of carboxylic acids is 1. The van der Waals surface area contributed by atoms with Crippen molar-refractivity contribution in [1.82, 2.24) is 30.3 Å². The topological polar surface area (TPSA) is 329 Å². The molecule has 7 N–H and O–H groups in total. The number of rotatable bonds is 18. The first-order valence-corrected chi connectivity index (χ1v) is 18.5. The van der Waals surface area contributed by atoms with Crippen LogP contribution < -0.4 is 32.6 Å². The van der Waals surface area contributed by atoms with E-state index in [1.165, 1.54) is 34.2 Å². The summed E-state index contributed by atoms with van der Waals surface area (Å²) < 4.78 is 5.51. The lowest BCUT2D eigenvalue weighted by molar-refractivity contribution is -0.384. The Hall–Kier alpha value is -7.46. The molecule has 23 heteroatoms. The van der Waals surface area contributed by atoms with Crippen molar-refractivity contribution in [2.45, 2.75) is 63.2 Å². The molecule has 4 rings (SSSR count). The molecule has 3 unspecified atom stereocenters. The zero-order valence-corrected chi connectivity index (χ0v) is 32.2. The number of carbonyl (C=O) groups is 9. The van der Waals surface area contributed by atoms with Gasteiger partial charge in [0.05, 0.1) is 36.2 Å². The average Bonchev–Trinajstić information content (AvgIpc) is 3.93. The van der Waals surface area contributed by atoms with Crippen LogP contribution in [0.2, 0.25) is 0 Å². The minimum atomic E-state index is -1.57. The number of hydrogen-bond donors (Lipinski definition) is 6. The van der Waals surface area contributed by atoms with Gasteiger partial charge in [-0.25, -0.2) is 9.59 Å². The molecule has 60 heavy (non-hydrogen) atoms. The average molecular weight is 838 g/mol. The lowest BCUT2D eigenvalue weighted by Gasteiger charge is -2.25. The first-order valence-electron chi connectivity index (χ1n) is 18.5. The molecule has 3 atom stereocenters. The Kier molecular flexibility index (Phi) is 15.7. The molecule has 0 aliphatic carbocycles. The van der Waals surface area contributed by atoms with Gasteiger partial charge in [0.2, 0.25) is 35.4 Å². The van der Waals surface area contributed by atoms with E-state index in [1.807, 2.05) is 0 Å². The van der Waals surface area contributed by atoms with E-state index in [0.29, 0.717) is 25.8 Å². The highest BCUT2D eigenvalue weighted by Crippen LogP contribution is 2.21. The molecule has 0 radical (unpaired) electrons. The molecule has 2 aliphatic heterocycles. The van der Waals surface area contributed by atoms with E-state index in [4.69, 9.17) is 5.73 Å². The zero-order chi connectivity index (χ0) is 44.1. The Labute approximate surface area is 340 Å². The molecule has 3 heterocycles. The van der Waals surface area contributed by atoms with Crippen LogP contribution >= 0.6 is 0 Å². The Bertz CT molecular complexity index is 2150. The summed E-state index contributed by atoms with van der Waals surface area (Å²) in [6, 6.07) is 1.89. The lowest BCUT2D eigenvalue weighted by Crippen LogP contribution is -2.51. The summed E-state index contributed by atoms with van der Waals surface area (Å²) in [5, 5.41) is 30.5. The molecule has 0 saturated carbocycles. The number of nitrogens with zero attached hydrogens (tertiary/aromatic N) is 4. The molecule has 1 aromatic carbocycles. The number of ether oxygens (including phenoxy) is 1. The number of anilines is 1. The second-order valence-electron chi connectivity index (χ2n) is 13.6. The summed E-state index contributed by atoms with van der Waals surface area (Å²) in [6.45, 7) is -1.20. The number of nitrogens with two attached hydrogens (primary N) is 1. The van der Waals surface area contributed by atoms with E-state index in [1.54, 1.807) is 0 Å². The van der Waals surface area contributed by atoms with E-state index < -0.39 is 118 Å². The smallest absolute Gasteiger partial charge is 0.336 e. The molecular weight excluding hydrogens is 794 g/mol. The molecule has 0 bridgehead atoms. The number of nitrogens with one attached hydrogen (secondary N) is 4. The number of hydrogen-bond acceptors (Lipinski definition) is 13. The summed E-state index contributed by atoms with van der Waals surface area (Å²) in [7, 11) is 1.14. The highest BCUT2D eigenvalue weighted by Gasteiger charge is 2.36. The van der Waals surface area contributed by atoms with Gasteiger partial charge in [0, 0.05) is 37.5 Å². The third-order valence-corrected chi connectivity index (χ3v) is 9.61. The molecular formula is C37H43N9O14. The minimum Gasteiger partial charge on any atom is -0.478 e. The van der Waals surface area contributed by atoms with Crippen molar-refractivity contribution < 1.29 is 57.9 Å². The second-order valence-corrected chi connectivity index (χ2v) is 13.6. The van der Waals surface area contributed by atoms with Crippen LogP contribution in [0.3, 0.4) is 0 Å². The summed E-state index contributed by atoms with van der Waals surface area (Å²) in [5.41, 5.74) is 2.59. The summed E-state index contributed by atoms with van der Waals surface area (Å²) in [6.07, 6.45) is 5.08. The van der Waals surface area contributed by atoms with Crippen LogP contribution in [-0.4, -0.2) is 129 Å². The van der Waals surface area contributed by atoms with Gasteiger partial charge in [-0.15, -0.1) is 0 Å². The molecule has 2 aromatic rings. The van der Waals surface area contributed by atoms with Gasteiger partial charge >= 0.3 is 11.9 Å². The van der Waals surface area contributed by atoms with Crippen LogP contribution in [-0.2, 0) is 44.8 Å². The van der Waals surface area contributed by atoms with Crippen molar-refractivity contribution >= 4 is 64.7 Å². The molecule has 1 aromatic heterocycles. The maximum Gasteiger partial charge on any atom is 0.336 e. The summed E-state index contributed by atoms with van der Waals surface area (Å²) >= 11 is 0. The number of carbonyl (C=O) groups excluding carboxylic acids is 8. The number of pyridine rings is 1. The fourth-order valence-corrected chi connectivity index (χ4v) is 6.58. The first-order chi connectivity index (χ1) is 28.5. The standard InChI is InChI=1S/C37H43N9O14/c1-60-31(50)11-3-2-7-24(41-33(52)23-17-21(46(58)59)12-13-22(23)37(56)57)34(53)40-19-30(49)45-16-6-10-27(45)35(54)42-25-8-4-14-43(36(25)55)20-28(47)39-18-29(48)44-15-5-9-26(44)32(38)51/h3-4,8,11-14,17,24,26-27H,2,5-7,9-10,15-16,18-20H2,1H3,(H2,38,51)(H,39,47)(H,40,53)(H,41,52)(H,42,54)(H,56,57)/b11-3+. The van der Waals surface area contributed by atoms with Crippen molar-refractivity contribution in [2.24, 2.45) is 5.73 Å². The number of benzene rings is 1. The van der Waals surface area contributed by atoms with E-state index in [-0.39, 0.29) is 31.5 Å². The molecule has 2 saturated heterocycles. The fraction of sp³-hybridized carbons (Fsp3) is 0.405. The minimum absolute atomic E-state index is 0.000423. The predicted octanol–water partition coefficient (Wildman–Crippen LogP) is -1.60.